The summed E-state index contributed by atoms with van der Waals surface area (Å²) in [6, 6.07) is 27.3. The molecule has 0 saturated carbocycles. The molecular formula is C25H23P. The van der Waals surface area contributed by atoms with Gasteiger partial charge in [-0.25, -0.2) is 0 Å². The molecule has 5 aromatic rings. The minimum Gasteiger partial charge on any atom is -0.108 e. The molecular weight excluding hydrogens is 331 g/mol. The third-order valence-electron chi connectivity index (χ3n) is 5.84. The van der Waals surface area contributed by atoms with Crippen LogP contribution in [0.15, 0.2) is 72.8 Å². The second-order valence-electron chi connectivity index (χ2n) is 7.49. The summed E-state index contributed by atoms with van der Waals surface area (Å²) in [5.41, 5.74) is 0. The third kappa shape index (κ3) is 2.29. The lowest BCUT2D eigenvalue weighted by Crippen LogP contribution is -1.90. The topological polar surface area (TPSA) is 0 Å². The molecule has 0 aliphatic heterocycles. The molecule has 0 fully saturated rings. The average Bonchev–Trinajstić information content (AvgIpc) is 3.02. The van der Waals surface area contributed by atoms with Crippen molar-refractivity contribution in [2.45, 2.75) is 26.4 Å². The summed E-state index contributed by atoms with van der Waals surface area (Å²) in [5.74, 6) is 0.762. The van der Waals surface area contributed by atoms with Crippen LogP contribution in [0.4, 0.5) is 0 Å². The fourth-order valence-corrected chi connectivity index (χ4v) is 7.31. The van der Waals surface area contributed by atoms with Crippen molar-refractivity contribution >= 4 is 50.1 Å². The molecule has 0 unspecified atom stereocenters. The normalized spacial score (nSPS) is 13.2. The number of benzene rings is 4. The molecule has 0 spiro atoms. The lowest BCUT2D eigenvalue weighted by Gasteiger charge is -2.10. The van der Waals surface area contributed by atoms with Crippen LogP contribution in [-0.2, 0) is 6.16 Å². The van der Waals surface area contributed by atoms with E-state index in [2.05, 4.69) is 86.6 Å². The molecule has 26 heavy (non-hydrogen) atoms. The van der Waals surface area contributed by atoms with E-state index in [1.54, 1.807) is 10.2 Å². The van der Waals surface area contributed by atoms with Crippen molar-refractivity contribution in [3.05, 3.63) is 72.8 Å². The van der Waals surface area contributed by atoms with Gasteiger partial charge in [-0.3, -0.25) is 0 Å². The molecule has 1 heteroatoms. The number of fused-ring (bicyclic) bond motifs is 7. The molecule has 5 rings (SSSR count). The van der Waals surface area contributed by atoms with Crippen molar-refractivity contribution in [1.82, 2.24) is 0 Å². The monoisotopic (exact) mass is 354 g/mol. The van der Waals surface area contributed by atoms with Gasteiger partial charge in [0.15, 0.2) is 0 Å². The Morgan fingerprint density at radius 3 is 1.69 bits per heavy atom. The van der Waals surface area contributed by atoms with Crippen LogP contribution >= 0.6 is 7.53 Å². The first-order chi connectivity index (χ1) is 12.8. The Morgan fingerprint density at radius 2 is 1.19 bits per heavy atom. The van der Waals surface area contributed by atoms with Gasteiger partial charge < -0.3 is 0 Å². The van der Waals surface area contributed by atoms with E-state index in [0.29, 0.717) is 0 Å². The Hall–Kier alpha value is -2.30. The Morgan fingerprint density at radius 1 is 0.692 bits per heavy atom. The van der Waals surface area contributed by atoms with E-state index in [1.807, 2.05) is 0 Å². The molecule has 0 radical (unpaired) electrons. The molecule has 1 atom stereocenters. The largest absolute Gasteiger partial charge is 0.108 e. The molecule has 0 bridgehead atoms. The van der Waals surface area contributed by atoms with Crippen LogP contribution in [0.5, 0.6) is 0 Å². The third-order valence-corrected chi connectivity index (χ3v) is 8.73. The predicted molar refractivity (Wildman–Crippen MR) is 119 cm³/mol. The van der Waals surface area contributed by atoms with E-state index in [0.717, 1.165) is 5.92 Å². The molecule has 0 N–H and O–H groups in total. The molecule has 128 valence electrons. The van der Waals surface area contributed by atoms with Crippen molar-refractivity contribution in [3.8, 4) is 0 Å². The summed E-state index contributed by atoms with van der Waals surface area (Å²) in [5, 5.41) is 11.7. The smallest absolute Gasteiger partial charge is 0.00306 e. The Kier molecular flexibility index (Phi) is 3.76. The summed E-state index contributed by atoms with van der Waals surface area (Å²) >= 11 is 0. The standard InChI is InChI=1S/C25H23P/c1-3-17(2)16-26-22-14-12-18-8-4-6-10-20(18)24(22)25-21-11-7-5-9-19(21)13-15-23(25)26/h4-15,17H,3,16H2,1-2H3/t17-/m0/s1. The highest BCUT2D eigenvalue weighted by Crippen LogP contribution is 2.54. The molecule has 1 aromatic heterocycles. The van der Waals surface area contributed by atoms with E-state index >= 15 is 0 Å². The van der Waals surface area contributed by atoms with Gasteiger partial charge in [0.1, 0.15) is 0 Å². The Balaban J connectivity index is 2.04. The van der Waals surface area contributed by atoms with Crippen LogP contribution in [0.1, 0.15) is 20.3 Å². The zero-order chi connectivity index (χ0) is 17.7. The minimum absolute atomic E-state index is 0.268. The second kappa shape index (κ2) is 6.15. The fraction of sp³-hybridized carbons (Fsp3) is 0.200. The Bertz CT molecular complexity index is 1170. The first-order valence-electron chi connectivity index (χ1n) is 9.59. The number of hydrogen-bond donors (Lipinski definition) is 0. The van der Waals surface area contributed by atoms with Crippen LogP contribution in [0.25, 0.3) is 42.6 Å². The highest BCUT2D eigenvalue weighted by atomic mass is 31.1. The van der Waals surface area contributed by atoms with Gasteiger partial charge in [-0.05, 0) is 45.8 Å². The van der Waals surface area contributed by atoms with Gasteiger partial charge in [-0.15, -0.1) is 7.53 Å². The highest BCUT2D eigenvalue weighted by Gasteiger charge is 2.17. The van der Waals surface area contributed by atoms with Crippen LogP contribution in [0.3, 0.4) is 0 Å². The lowest BCUT2D eigenvalue weighted by atomic mass is 10.00. The summed E-state index contributed by atoms with van der Waals surface area (Å²) in [7, 11) is -0.268. The maximum absolute atomic E-state index is 2.42. The van der Waals surface area contributed by atoms with E-state index in [4.69, 9.17) is 0 Å². The molecule has 0 aliphatic rings. The van der Waals surface area contributed by atoms with Gasteiger partial charge >= 0.3 is 0 Å². The van der Waals surface area contributed by atoms with Gasteiger partial charge in [0.2, 0.25) is 0 Å². The van der Waals surface area contributed by atoms with Crippen molar-refractivity contribution in [2.24, 2.45) is 5.92 Å². The summed E-state index contributed by atoms with van der Waals surface area (Å²) in [6.07, 6.45) is 2.55. The van der Waals surface area contributed by atoms with Crippen LogP contribution in [-0.4, -0.2) is 0 Å². The van der Waals surface area contributed by atoms with Gasteiger partial charge in [0.05, 0.1) is 0 Å². The van der Waals surface area contributed by atoms with Crippen molar-refractivity contribution in [1.29, 1.82) is 0 Å². The quantitative estimate of drug-likeness (QED) is 0.305. The first kappa shape index (κ1) is 15.9. The Labute approximate surface area is 155 Å². The first-order valence-corrected chi connectivity index (χ1v) is 11.1. The molecule has 0 aliphatic carbocycles. The zero-order valence-corrected chi connectivity index (χ0v) is 16.3. The van der Waals surface area contributed by atoms with Gasteiger partial charge in [-0.2, -0.15) is 0 Å². The van der Waals surface area contributed by atoms with E-state index < -0.39 is 0 Å². The predicted octanol–water partition coefficient (Wildman–Crippen LogP) is 8.33. The number of rotatable bonds is 3. The molecule has 0 saturated heterocycles. The summed E-state index contributed by atoms with van der Waals surface area (Å²) in [4.78, 5) is 0. The maximum atomic E-state index is 2.42. The molecule has 0 nitrogen and oxygen atoms in total. The second-order valence-corrected chi connectivity index (χ2v) is 9.67. The maximum Gasteiger partial charge on any atom is 0.00306 e. The van der Waals surface area contributed by atoms with Gasteiger partial charge in [-0.1, -0.05) is 80.9 Å². The molecule has 0 amide bonds. The molecule has 4 aromatic carbocycles. The van der Waals surface area contributed by atoms with Crippen molar-refractivity contribution < 1.29 is 0 Å². The van der Waals surface area contributed by atoms with E-state index in [1.165, 1.54) is 44.9 Å². The summed E-state index contributed by atoms with van der Waals surface area (Å²) < 4.78 is 0. The molecule has 1 heterocycles. The van der Waals surface area contributed by atoms with Crippen LogP contribution in [0.2, 0.25) is 0 Å². The van der Waals surface area contributed by atoms with Gasteiger partial charge in [0.25, 0.3) is 0 Å². The number of hydrogen-bond acceptors (Lipinski definition) is 0. The lowest BCUT2D eigenvalue weighted by molar-refractivity contribution is 0.601. The minimum atomic E-state index is -0.268. The van der Waals surface area contributed by atoms with Crippen molar-refractivity contribution in [3.63, 3.8) is 0 Å². The van der Waals surface area contributed by atoms with Gasteiger partial charge in [0, 0.05) is 21.0 Å². The van der Waals surface area contributed by atoms with Crippen LogP contribution in [0, 0.1) is 5.92 Å². The SMILES string of the molecule is CC[C@H](C)Cp1c2ccc3ccccc3c2c2c3ccccc3ccc21. The van der Waals surface area contributed by atoms with E-state index in [-0.39, 0.29) is 7.53 Å². The summed E-state index contributed by atoms with van der Waals surface area (Å²) in [6.45, 7) is 4.72. The zero-order valence-electron chi connectivity index (χ0n) is 15.4. The van der Waals surface area contributed by atoms with Crippen molar-refractivity contribution in [2.75, 3.05) is 0 Å². The van der Waals surface area contributed by atoms with Crippen LogP contribution < -0.4 is 0 Å². The highest BCUT2D eigenvalue weighted by molar-refractivity contribution is 7.60. The fourth-order valence-electron chi connectivity index (χ4n) is 4.26. The average molecular weight is 354 g/mol. The van der Waals surface area contributed by atoms with E-state index in [9.17, 15) is 0 Å².